The number of ether oxygens (including phenoxy) is 1. The van der Waals surface area contributed by atoms with E-state index in [2.05, 4.69) is 0 Å². The first-order chi connectivity index (χ1) is 9.20. The van der Waals surface area contributed by atoms with Crippen LogP contribution in [0.25, 0.3) is 11.6 Å². The van der Waals surface area contributed by atoms with Gasteiger partial charge in [-0.15, -0.1) is 0 Å². The maximum atomic E-state index is 11.4. The number of aliphatic carboxylic acids is 1. The Balaban J connectivity index is 2.40. The van der Waals surface area contributed by atoms with Crippen molar-refractivity contribution in [3.05, 3.63) is 65.7 Å². The highest BCUT2D eigenvalue weighted by molar-refractivity contribution is 6.20. The van der Waals surface area contributed by atoms with Crippen LogP contribution in [-0.2, 0) is 4.79 Å². The summed E-state index contributed by atoms with van der Waals surface area (Å²) in [5.74, 6) is -0.248. The Morgan fingerprint density at radius 1 is 1.05 bits per heavy atom. The van der Waals surface area contributed by atoms with Crippen molar-refractivity contribution in [3.63, 3.8) is 0 Å². The van der Waals surface area contributed by atoms with Gasteiger partial charge in [0.1, 0.15) is 5.75 Å². The Morgan fingerprint density at radius 3 is 2.21 bits per heavy atom. The van der Waals surface area contributed by atoms with Crippen LogP contribution in [0.2, 0.25) is 0 Å². The van der Waals surface area contributed by atoms with E-state index in [1.807, 2.05) is 30.3 Å². The standard InChI is InChI=1S/C16H14O3/c1-19-14-9-7-13(8-10-14)15(16(17)18)11-12-5-3-2-4-6-12/h2-11H,1H3,(H,17,18). The highest BCUT2D eigenvalue weighted by Gasteiger charge is 2.10. The third-order valence-corrected chi connectivity index (χ3v) is 2.74. The molecule has 3 heteroatoms. The summed E-state index contributed by atoms with van der Waals surface area (Å²) < 4.78 is 5.06. The van der Waals surface area contributed by atoms with Gasteiger partial charge in [0.25, 0.3) is 0 Å². The predicted octanol–water partition coefficient (Wildman–Crippen LogP) is 3.32. The van der Waals surface area contributed by atoms with Crippen LogP contribution in [0.3, 0.4) is 0 Å². The first kappa shape index (κ1) is 12.9. The van der Waals surface area contributed by atoms with Crippen molar-refractivity contribution < 1.29 is 14.6 Å². The number of rotatable bonds is 4. The molecule has 19 heavy (non-hydrogen) atoms. The van der Waals surface area contributed by atoms with Crippen molar-refractivity contribution in [2.75, 3.05) is 7.11 Å². The van der Waals surface area contributed by atoms with Crippen molar-refractivity contribution in [1.82, 2.24) is 0 Å². The third kappa shape index (κ3) is 3.22. The molecule has 0 aliphatic carbocycles. The largest absolute Gasteiger partial charge is 0.497 e. The van der Waals surface area contributed by atoms with Crippen LogP contribution in [0.15, 0.2) is 54.6 Å². The summed E-state index contributed by atoms with van der Waals surface area (Å²) in [5.41, 5.74) is 1.77. The molecule has 2 aromatic rings. The van der Waals surface area contributed by atoms with Gasteiger partial charge in [-0.3, -0.25) is 0 Å². The first-order valence-electron chi connectivity index (χ1n) is 5.85. The van der Waals surface area contributed by atoms with E-state index in [9.17, 15) is 9.90 Å². The average molecular weight is 254 g/mol. The topological polar surface area (TPSA) is 46.5 Å². The molecule has 0 aliphatic heterocycles. The monoisotopic (exact) mass is 254 g/mol. The number of carboxylic acids is 1. The van der Waals surface area contributed by atoms with E-state index in [0.717, 1.165) is 5.56 Å². The molecule has 2 aromatic carbocycles. The van der Waals surface area contributed by atoms with Crippen molar-refractivity contribution in [1.29, 1.82) is 0 Å². The summed E-state index contributed by atoms with van der Waals surface area (Å²) in [5, 5.41) is 9.31. The van der Waals surface area contributed by atoms with Crippen LogP contribution in [0.5, 0.6) is 5.75 Å². The summed E-state index contributed by atoms with van der Waals surface area (Å²) in [7, 11) is 1.58. The molecule has 0 bridgehead atoms. The van der Waals surface area contributed by atoms with Gasteiger partial charge < -0.3 is 9.84 Å². The van der Waals surface area contributed by atoms with Crippen LogP contribution in [0, 0.1) is 0 Å². The zero-order valence-electron chi connectivity index (χ0n) is 10.5. The fourth-order valence-corrected chi connectivity index (χ4v) is 1.76. The van der Waals surface area contributed by atoms with Crippen molar-refractivity contribution in [2.24, 2.45) is 0 Å². The molecule has 0 aromatic heterocycles. The lowest BCUT2D eigenvalue weighted by atomic mass is 10.0. The van der Waals surface area contributed by atoms with Crippen LogP contribution in [-0.4, -0.2) is 18.2 Å². The van der Waals surface area contributed by atoms with Crippen LogP contribution < -0.4 is 4.74 Å². The van der Waals surface area contributed by atoms with Gasteiger partial charge in [-0.25, -0.2) is 4.79 Å². The van der Waals surface area contributed by atoms with Gasteiger partial charge >= 0.3 is 5.97 Å². The Morgan fingerprint density at radius 2 is 1.68 bits per heavy atom. The molecule has 0 saturated heterocycles. The molecule has 0 spiro atoms. The van der Waals surface area contributed by atoms with Crippen LogP contribution in [0.1, 0.15) is 11.1 Å². The fraction of sp³-hybridized carbons (Fsp3) is 0.0625. The van der Waals surface area contributed by atoms with Gasteiger partial charge in [0.15, 0.2) is 0 Å². The van der Waals surface area contributed by atoms with E-state index < -0.39 is 5.97 Å². The lowest BCUT2D eigenvalue weighted by Crippen LogP contribution is -1.99. The van der Waals surface area contributed by atoms with E-state index in [1.54, 1.807) is 37.5 Å². The Bertz CT molecular complexity index is 583. The minimum absolute atomic E-state index is 0.258. The molecule has 96 valence electrons. The van der Waals surface area contributed by atoms with Gasteiger partial charge in [0, 0.05) is 0 Å². The smallest absolute Gasteiger partial charge is 0.336 e. The van der Waals surface area contributed by atoms with E-state index in [-0.39, 0.29) is 5.57 Å². The van der Waals surface area contributed by atoms with Crippen molar-refractivity contribution in [2.45, 2.75) is 0 Å². The van der Waals surface area contributed by atoms with E-state index in [4.69, 9.17) is 4.74 Å². The number of hydrogen-bond donors (Lipinski definition) is 1. The quantitative estimate of drug-likeness (QED) is 0.672. The summed E-state index contributed by atoms with van der Waals surface area (Å²) in [6, 6.07) is 16.3. The summed E-state index contributed by atoms with van der Waals surface area (Å²) >= 11 is 0. The molecule has 0 atom stereocenters. The number of benzene rings is 2. The second kappa shape index (κ2) is 5.87. The van der Waals surface area contributed by atoms with Gasteiger partial charge in [-0.1, -0.05) is 42.5 Å². The molecule has 0 fully saturated rings. The highest BCUT2D eigenvalue weighted by Crippen LogP contribution is 2.21. The van der Waals surface area contributed by atoms with Crippen molar-refractivity contribution in [3.8, 4) is 5.75 Å². The molecule has 2 rings (SSSR count). The molecule has 0 heterocycles. The predicted molar refractivity (Wildman–Crippen MR) is 74.9 cm³/mol. The zero-order valence-corrected chi connectivity index (χ0v) is 10.5. The number of hydrogen-bond acceptors (Lipinski definition) is 2. The average Bonchev–Trinajstić information content (AvgIpc) is 2.46. The Labute approximate surface area is 111 Å². The normalized spacial score (nSPS) is 11.1. The zero-order chi connectivity index (χ0) is 13.7. The molecule has 0 radical (unpaired) electrons. The molecular weight excluding hydrogens is 240 g/mol. The molecule has 0 saturated carbocycles. The molecule has 0 aliphatic rings. The molecule has 0 amide bonds. The maximum absolute atomic E-state index is 11.4. The second-order valence-corrected chi connectivity index (χ2v) is 4.00. The molecule has 1 N–H and O–H groups in total. The third-order valence-electron chi connectivity index (χ3n) is 2.74. The Hall–Kier alpha value is -2.55. The lowest BCUT2D eigenvalue weighted by Gasteiger charge is -2.05. The maximum Gasteiger partial charge on any atom is 0.336 e. The second-order valence-electron chi connectivity index (χ2n) is 4.00. The minimum Gasteiger partial charge on any atom is -0.497 e. The van der Waals surface area contributed by atoms with E-state index >= 15 is 0 Å². The minimum atomic E-state index is -0.950. The Kier molecular flexibility index (Phi) is 3.98. The van der Waals surface area contributed by atoms with E-state index in [0.29, 0.717) is 11.3 Å². The summed E-state index contributed by atoms with van der Waals surface area (Å²) in [4.78, 5) is 11.4. The van der Waals surface area contributed by atoms with Gasteiger partial charge in [0.2, 0.25) is 0 Å². The van der Waals surface area contributed by atoms with Gasteiger partial charge in [-0.2, -0.15) is 0 Å². The number of carboxylic acid groups (broad SMARTS) is 1. The van der Waals surface area contributed by atoms with Gasteiger partial charge in [-0.05, 0) is 29.3 Å². The molecular formula is C16H14O3. The van der Waals surface area contributed by atoms with Crippen molar-refractivity contribution >= 4 is 17.6 Å². The van der Waals surface area contributed by atoms with Crippen LogP contribution >= 0.6 is 0 Å². The fourth-order valence-electron chi connectivity index (χ4n) is 1.76. The summed E-state index contributed by atoms with van der Waals surface area (Å²) in [6.45, 7) is 0. The van der Waals surface area contributed by atoms with Crippen LogP contribution in [0.4, 0.5) is 0 Å². The lowest BCUT2D eigenvalue weighted by molar-refractivity contribution is -0.130. The molecule has 0 unspecified atom stereocenters. The summed E-state index contributed by atoms with van der Waals surface area (Å²) in [6.07, 6.45) is 1.66. The number of carbonyl (C=O) groups is 1. The van der Waals surface area contributed by atoms with Gasteiger partial charge in [0.05, 0.1) is 12.7 Å². The number of methoxy groups -OCH3 is 1. The highest BCUT2D eigenvalue weighted by atomic mass is 16.5. The van der Waals surface area contributed by atoms with E-state index in [1.165, 1.54) is 0 Å². The molecule has 3 nitrogen and oxygen atoms in total. The SMILES string of the molecule is COc1ccc(C(=Cc2ccccc2)C(=O)O)cc1. The first-order valence-corrected chi connectivity index (χ1v) is 5.85.